The monoisotopic (exact) mass is 381 g/mol. The van der Waals surface area contributed by atoms with Crippen LogP contribution in [0.25, 0.3) is 22.0 Å². The molecule has 1 atom stereocenters. The molecule has 1 aliphatic rings. The molecular formula is C22H27N3OS. The number of piperazine rings is 1. The van der Waals surface area contributed by atoms with E-state index in [0.717, 1.165) is 61.1 Å². The fourth-order valence-electron chi connectivity index (χ4n) is 3.71. The predicted molar refractivity (Wildman–Crippen MR) is 115 cm³/mol. The van der Waals surface area contributed by atoms with Gasteiger partial charge in [-0.15, -0.1) is 11.3 Å². The van der Waals surface area contributed by atoms with Crippen LogP contribution in [0.15, 0.2) is 41.8 Å². The number of thiophene rings is 1. The summed E-state index contributed by atoms with van der Waals surface area (Å²) in [6, 6.07) is 12.8. The minimum atomic E-state index is -0.384. The summed E-state index contributed by atoms with van der Waals surface area (Å²) in [7, 11) is 0. The van der Waals surface area contributed by atoms with Gasteiger partial charge in [-0.2, -0.15) is 0 Å². The van der Waals surface area contributed by atoms with E-state index in [9.17, 15) is 5.11 Å². The fourth-order valence-corrected chi connectivity index (χ4v) is 4.68. The summed E-state index contributed by atoms with van der Waals surface area (Å²) in [4.78, 5) is 11.0. The highest BCUT2D eigenvalue weighted by molar-refractivity contribution is 7.10. The van der Waals surface area contributed by atoms with Gasteiger partial charge in [0.05, 0.1) is 11.8 Å². The molecule has 4 rings (SSSR count). The number of aliphatic hydroxyl groups is 1. The largest absolute Gasteiger partial charge is 0.388 e. The number of anilines is 1. The van der Waals surface area contributed by atoms with Crippen molar-refractivity contribution in [2.75, 3.05) is 37.6 Å². The highest BCUT2D eigenvalue weighted by Crippen LogP contribution is 2.34. The average Bonchev–Trinajstić information content (AvgIpc) is 3.23. The zero-order valence-electron chi connectivity index (χ0n) is 16.1. The standard InChI is InChI=1S/C22H27N3OS/c1-3-20(26)21-14-17(15-27-21)19-13-16-7-5-6-8-18(16)22(23-19)25-11-9-24(4-2)10-12-25/h5-8,13-15,20,26H,3-4,9-12H2,1-2H3. The molecule has 0 bridgehead atoms. The molecule has 1 aromatic carbocycles. The Morgan fingerprint density at radius 3 is 2.63 bits per heavy atom. The van der Waals surface area contributed by atoms with Crippen LogP contribution in [-0.2, 0) is 0 Å². The molecule has 27 heavy (non-hydrogen) atoms. The molecule has 1 aliphatic heterocycles. The first-order valence-electron chi connectivity index (χ1n) is 9.83. The number of benzene rings is 1. The Labute approximate surface area is 165 Å². The van der Waals surface area contributed by atoms with Gasteiger partial charge in [0.15, 0.2) is 0 Å². The Balaban J connectivity index is 1.74. The Morgan fingerprint density at radius 2 is 1.89 bits per heavy atom. The molecule has 3 aromatic rings. The second-order valence-corrected chi connectivity index (χ2v) is 8.08. The number of aromatic nitrogens is 1. The predicted octanol–water partition coefficient (Wildman–Crippen LogP) is 4.55. The quantitative estimate of drug-likeness (QED) is 0.704. The Hall–Kier alpha value is -1.95. The normalized spacial score (nSPS) is 16.8. The first-order valence-corrected chi connectivity index (χ1v) is 10.7. The van der Waals surface area contributed by atoms with Crippen LogP contribution < -0.4 is 4.90 Å². The van der Waals surface area contributed by atoms with Crippen molar-refractivity contribution >= 4 is 27.9 Å². The van der Waals surface area contributed by atoms with Crippen molar-refractivity contribution in [2.24, 2.45) is 0 Å². The van der Waals surface area contributed by atoms with E-state index in [1.807, 2.05) is 6.92 Å². The second kappa shape index (κ2) is 7.97. The maximum atomic E-state index is 10.1. The van der Waals surface area contributed by atoms with Crippen LogP contribution in [0.2, 0.25) is 0 Å². The SMILES string of the molecule is CCC(O)c1cc(-c2cc3ccccc3c(N3CCN(CC)CC3)n2)cs1. The van der Waals surface area contributed by atoms with Crippen LogP contribution >= 0.6 is 11.3 Å². The Bertz CT molecular complexity index is 915. The van der Waals surface area contributed by atoms with Crippen molar-refractivity contribution in [2.45, 2.75) is 26.4 Å². The number of rotatable bonds is 5. The van der Waals surface area contributed by atoms with Crippen LogP contribution in [0.3, 0.4) is 0 Å². The van der Waals surface area contributed by atoms with E-state index in [1.165, 1.54) is 10.8 Å². The molecule has 2 aromatic heterocycles. The van der Waals surface area contributed by atoms with Crippen LogP contribution in [0, 0.1) is 0 Å². The first-order chi connectivity index (χ1) is 13.2. The molecule has 1 fully saturated rings. The molecule has 1 saturated heterocycles. The van der Waals surface area contributed by atoms with Crippen molar-refractivity contribution in [3.8, 4) is 11.3 Å². The van der Waals surface area contributed by atoms with Crippen molar-refractivity contribution in [1.82, 2.24) is 9.88 Å². The third-order valence-corrected chi connectivity index (χ3v) is 6.50. The molecule has 0 saturated carbocycles. The summed E-state index contributed by atoms with van der Waals surface area (Å²) >= 11 is 1.62. The van der Waals surface area contributed by atoms with Gasteiger partial charge in [-0.1, -0.05) is 38.1 Å². The molecule has 1 unspecified atom stereocenters. The number of fused-ring (bicyclic) bond motifs is 1. The lowest BCUT2D eigenvalue weighted by atomic mass is 10.1. The topological polar surface area (TPSA) is 39.6 Å². The summed E-state index contributed by atoms with van der Waals surface area (Å²) < 4.78 is 0. The number of hydrogen-bond donors (Lipinski definition) is 1. The van der Waals surface area contributed by atoms with Gasteiger partial charge in [0, 0.05) is 47.4 Å². The van der Waals surface area contributed by atoms with E-state index in [0.29, 0.717) is 0 Å². The molecule has 0 aliphatic carbocycles. The first kappa shape index (κ1) is 18.4. The summed E-state index contributed by atoms with van der Waals surface area (Å²) in [6.07, 6.45) is 0.351. The highest BCUT2D eigenvalue weighted by Gasteiger charge is 2.20. The van der Waals surface area contributed by atoms with Gasteiger partial charge in [0.1, 0.15) is 5.82 Å². The smallest absolute Gasteiger partial charge is 0.137 e. The van der Waals surface area contributed by atoms with Crippen LogP contribution in [0.5, 0.6) is 0 Å². The molecular weight excluding hydrogens is 354 g/mol. The molecule has 0 radical (unpaired) electrons. The maximum Gasteiger partial charge on any atom is 0.137 e. The fraction of sp³-hybridized carbons (Fsp3) is 0.409. The van der Waals surface area contributed by atoms with Gasteiger partial charge in [-0.3, -0.25) is 0 Å². The molecule has 1 N–H and O–H groups in total. The molecule has 0 spiro atoms. The van der Waals surface area contributed by atoms with E-state index >= 15 is 0 Å². The van der Waals surface area contributed by atoms with E-state index in [2.05, 4.69) is 58.5 Å². The third kappa shape index (κ3) is 3.72. The van der Waals surface area contributed by atoms with Crippen molar-refractivity contribution in [1.29, 1.82) is 0 Å². The van der Waals surface area contributed by atoms with Crippen molar-refractivity contribution in [3.63, 3.8) is 0 Å². The molecule has 0 amide bonds. The van der Waals surface area contributed by atoms with E-state index in [-0.39, 0.29) is 6.10 Å². The highest BCUT2D eigenvalue weighted by atomic mass is 32.1. The number of aliphatic hydroxyl groups excluding tert-OH is 1. The summed E-state index contributed by atoms with van der Waals surface area (Å²) in [5.41, 5.74) is 2.09. The molecule has 142 valence electrons. The van der Waals surface area contributed by atoms with Gasteiger partial charge >= 0.3 is 0 Å². The van der Waals surface area contributed by atoms with E-state index in [1.54, 1.807) is 11.3 Å². The van der Waals surface area contributed by atoms with Gasteiger partial charge in [0.25, 0.3) is 0 Å². The van der Waals surface area contributed by atoms with Gasteiger partial charge in [-0.25, -0.2) is 4.98 Å². The summed E-state index contributed by atoms with van der Waals surface area (Å²) in [5.74, 6) is 1.09. The average molecular weight is 382 g/mol. The zero-order valence-corrected chi connectivity index (χ0v) is 16.9. The minimum Gasteiger partial charge on any atom is -0.388 e. The zero-order chi connectivity index (χ0) is 18.8. The second-order valence-electron chi connectivity index (χ2n) is 7.14. The lowest BCUT2D eigenvalue weighted by Crippen LogP contribution is -2.46. The van der Waals surface area contributed by atoms with Gasteiger partial charge in [-0.05, 0) is 30.5 Å². The minimum absolute atomic E-state index is 0.384. The maximum absolute atomic E-state index is 10.1. The van der Waals surface area contributed by atoms with Gasteiger partial charge in [0.2, 0.25) is 0 Å². The van der Waals surface area contributed by atoms with Gasteiger partial charge < -0.3 is 14.9 Å². The molecule has 5 heteroatoms. The lowest BCUT2D eigenvalue weighted by Gasteiger charge is -2.35. The summed E-state index contributed by atoms with van der Waals surface area (Å²) in [5, 5.41) is 14.7. The third-order valence-electron chi connectivity index (χ3n) is 5.47. The van der Waals surface area contributed by atoms with E-state index < -0.39 is 0 Å². The number of hydrogen-bond acceptors (Lipinski definition) is 5. The van der Waals surface area contributed by atoms with Crippen LogP contribution in [0.1, 0.15) is 31.2 Å². The molecule has 4 nitrogen and oxygen atoms in total. The van der Waals surface area contributed by atoms with Crippen molar-refractivity contribution in [3.05, 3.63) is 46.7 Å². The Morgan fingerprint density at radius 1 is 1.11 bits per heavy atom. The number of pyridine rings is 1. The summed E-state index contributed by atoms with van der Waals surface area (Å²) in [6.45, 7) is 9.54. The lowest BCUT2D eigenvalue weighted by molar-refractivity contribution is 0.177. The van der Waals surface area contributed by atoms with Crippen LogP contribution in [0.4, 0.5) is 5.82 Å². The van der Waals surface area contributed by atoms with Crippen LogP contribution in [-0.4, -0.2) is 47.7 Å². The van der Waals surface area contributed by atoms with E-state index in [4.69, 9.17) is 4.98 Å². The number of likely N-dealkylation sites (N-methyl/N-ethyl adjacent to an activating group) is 1. The number of nitrogens with zero attached hydrogens (tertiary/aromatic N) is 3. The molecule has 3 heterocycles. The van der Waals surface area contributed by atoms with Crippen molar-refractivity contribution < 1.29 is 5.11 Å². The Kier molecular flexibility index (Phi) is 5.43.